The van der Waals surface area contributed by atoms with Gasteiger partial charge in [-0.25, -0.2) is 0 Å². The van der Waals surface area contributed by atoms with Crippen LogP contribution < -0.4 is 0 Å². The second kappa shape index (κ2) is 3.11. The molecule has 0 N–H and O–H groups in total. The van der Waals surface area contributed by atoms with Crippen LogP contribution in [0.15, 0.2) is 23.8 Å². The fraction of sp³-hybridized carbons (Fsp3) is 0.250. The van der Waals surface area contributed by atoms with Gasteiger partial charge in [0, 0.05) is 11.5 Å². The Hall–Kier alpha value is -1.18. The highest BCUT2D eigenvalue weighted by Gasteiger charge is 2.06. The van der Waals surface area contributed by atoms with Crippen LogP contribution >= 0.6 is 0 Å². The zero-order chi connectivity index (χ0) is 7.40. The molecule has 0 fully saturated rings. The molecule has 0 radical (unpaired) electrons. The molecule has 0 aliphatic heterocycles. The number of carbonyl (C=O) groups is 2. The maximum Gasteiger partial charge on any atom is 0.149 e. The van der Waals surface area contributed by atoms with E-state index in [1.54, 1.807) is 12.2 Å². The molecule has 2 heteroatoms. The maximum absolute atomic E-state index is 10.2. The molecule has 0 spiro atoms. The summed E-state index contributed by atoms with van der Waals surface area (Å²) in [5.74, 6) is -0.0924. The molecule has 1 rings (SSSR count). The first-order valence-corrected chi connectivity index (χ1v) is 3.15. The van der Waals surface area contributed by atoms with Crippen molar-refractivity contribution in [2.24, 2.45) is 5.92 Å². The van der Waals surface area contributed by atoms with E-state index in [-0.39, 0.29) is 5.92 Å². The van der Waals surface area contributed by atoms with Crippen molar-refractivity contribution >= 4 is 12.6 Å². The maximum atomic E-state index is 10.2. The molecule has 0 aromatic carbocycles. The minimum atomic E-state index is -0.0924. The van der Waals surface area contributed by atoms with E-state index in [0.29, 0.717) is 5.57 Å². The van der Waals surface area contributed by atoms with Crippen molar-refractivity contribution in [2.45, 2.75) is 6.42 Å². The molecule has 0 amide bonds. The Labute approximate surface area is 59.2 Å². The molecule has 1 atom stereocenters. The molecule has 0 aromatic rings. The lowest BCUT2D eigenvalue weighted by atomic mass is 9.98. The van der Waals surface area contributed by atoms with Gasteiger partial charge in [0.1, 0.15) is 12.6 Å². The van der Waals surface area contributed by atoms with E-state index < -0.39 is 0 Å². The monoisotopic (exact) mass is 136 g/mol. The van der Waals surface area contributed by atoms with Crippen molar-refractivity contribution in [1.82, 2.24) is 0 Å². The summed E-state index contributed by atoms with van der Waals surface area (Å²) in [6.45, 7) is 0. The largest absolute Gasteiger partial charge is 0.303 e. The van der Waals surface area contributed by atoms with Crippen LogP contribution in [0.4, 0.5) is 0 Å². The number of allylic oxidation sites excluding steroid dienone is 4. The third-order valence-electron chi connectivity index (χ3n) is 1.44. The Bertz CT molecular complexity index is 201. The van der Waals surface area contributed by atoms with Crippen LogP contribution in [0.1, 0.15) is 6.42 Å². The van der Waals surface area contributed by atoms with E-state index in [1.807, 2.05) is 6.08 Å². The second-order valence-electron chi connectivity index (χ2n) is 2.22. The molecule has 1 aliphatic carbocycles. The van der Waals surface area contributed by atoms with E-state index in [4.69, 9.17) is 0 Å². The molecular formula is C8H8O2. The number of carbonyl (C=O) groups excluding carboxylic acids is 2. The van der Waals surface area contributed by atoms with Crippen LogP contribution in [0.25, 0.3) is 0 Å². The highest BCUT2D eigenvalue weighted by atomic mass is 16.1. The molecule has 0 bridgehead atoms. The van der Waals surface area contributed by atoms with E-state index in [0.717, 1.165) is 19.0 Å². The highest BCUT2D eigenvalue weighted by molar-refractivity contribution is 5.79. The Morgan fingerprint density at radius 3 is 2.90 bits per heavy atom. The molecule has 10 heavy (non-hydrogen) atoms. The van der Waals surface area contributed by atoms with Gasteiger partial charge in [-0.2, -0.15) is 0 Å². The van der Waals surface area contributed by atoms with Crippen molar-refractivity contribution in [3.05, 3.63) is 23.8 Å². The molecule has 0 saturated heterocycles. The van der Waals surface area contributed by atoms with Gasteiger partial charge in [0.25, 0.3) is 0 Å². The lowest BCUT2D eigenvalue weighted by Gasteiger charge is -2.05. The molecule has 1 unspecified atom stereocenters. The van der Waals surface area contributed by atoms with Crippen molar-refractivity contribution in [3.63, 3.8) is 0 Å². The minimum Gasteiger partial charge on any atom is -0.303 e. The Balaban J connectivity index is 2.73. The summed E-state index contributed by atoms with van der Waals surface area (Å²) < 4.78 is 0. The summed E-state index contributed by atoms with van der Waals surface area (Å²) in [4.78, 5) is 20.4. The lowest BCUT2D eigenvalue weighted by Crippen LogP contribution is -2.01. The fourth-order valence-corrected chi connectivity index (χ4v) is 0.905. The minimum absolute atomic E-state index is 0.0924. The molecule has 0 saturated carbocycles. The summed E-state index contributed by atoms with van der Waals surface area (Å²) in [6.07, 6.45) is 7.58. The van der Waals surface area contributed by atoms with Crippen LogP contribution in [0.5, 0.6) is 0 Å². The van der Waals surface area contributed by atoms with Gasteiger partial charge in [-0.05, 0) is 6.42 Å². The topological polar surface area (TPSA) is 34.1 Å². The molecule has 2 nitrogen and oxygen atoms in total. The second-order valence-corrected chi connectivity index (χ2v) is 2.22. The molecule has 0 heterocycles. The quantitative estimate of drug-likeness (QED) is 0.528. The van der Waals surface area contributed by atoms with Gasteiger partial charge in [-0.15, -0.1) is 0 Å². The van der Waals surface area contributed by atoms with E-state index >= 15 is 0 Å². The van der Waals surface area contributed by atoms with E-state index in [1.165, 1.54) is 0 Å². The van der Waals surface area contributed by atoms with Crippen LogP contribution in [0.3, 0.4) is 0 Å². The summed E-state index contributed by atoms with van der Waals surface area (Å²) in [5, 5.41) is 0. The average molecular weight is 136 g/mol. The molecule has 1 aliphatic rings. The van der Waals surface area contributed by atoms with Gasteiger partial charge >= 0.3 is 0 Å². The number of hydrogen-bond donors (Lipinski definition) is 0. The standard InChI is InChI=1S/C8H8O2/c9-5-7-2-1-3-8(4-7)6-10/h1-2,4-6,8H,3H2. The Kier molecular flexibility index (Phi) is 2.15. The van der Waals surface area contributed by atoms with Gasteiger partial charge in [-0.3, -0.25) is 4.79 Å². The fourth-order valence-electron chi connectivity index (χ4n) is 0.905. The van der Waals surface area contributed by atoms with Gasteiger partial charge < -0.3 is 4.79 Å². The first-order chi connectivity index (χ1) is 4.86. The summed E-state index contributed by atoms with van der Waals surface area (Å²) in [7, 11) is 0. The van der Waals surface area contributed by atoms with Crippen LogP contribution in [0, 0.1) is 5.92 Å². The summed E-state index contributed by atoms with van der Waals surface area (Å²) >= 11 is 0. The predicted octanol–water partition coefficient (Wildman–Crippen LogP) is 0.887. The molecule has 0 aromatic heterocycles. The summed E-state index contributed by atoms with van der Waals surface area (Å²) in [5.41, 5.74) is 0.600. The third kappa shape index (κ3) is 1.41. The smallest absolute Gasteiger partial charge is 0.149 e. The van der Waals surface area contributed by atoms with Gasteiger partial charge in [0.2, 0.25) is 0 Å². The summed E-state index contributed by atoms with van der Waals surface area (Å²) in [6, 6.07) is 0. The first-order valence-electron chi connectivity index (χ1n) is 3.15. The molecule has 52 valence electrons. The number of aldehydes is 2. The van der Waals surface area contributed by atoms with E-state index in [9.17, 15) is 9.59 Å². The normalized spacial score (nSPS) is 23.6. The van der Waals surface area contributed by atoms with Crippen LogP contribution in [-0.2, 0) is 9.59 Å². The van der Waals surface area contributed by atoms with E-state index in [2.05, 4.69) is 0 Å². The van der Waals surface area contributed by atoms with Crippen molar-refractivity contribution in [1.29, 1.82) is 0 Å². The molecular weight excluding hydrogens is 128 g/mol. The van der Waals surface area contributed by atoms with Crippen LogP contribution in [0.2, 0.25) is 0 Å². The highest BCUT2D eigenvalue weighted by Crippen LogP contribution is 2.12. The Morgan fingerprint density at radius 2 is 2.30 bits per heavy atom. The Morgan fingerprint density at radius 1 is 1.50 bits per heavy atom. The lowest BCUT2D eigenvalue weighted by molar-refractivity contribution is -0.109. The third-order valence-corrected chi connectivity index (χ3v) is 1.44. The van der Waals surface area contributed by atoms with Gasteiger partial charge in [0.05, 0.1) is 0 Å². The SMILES string of the molecule is O=CC1=CC(C=O)CC=C1. The van der Waals surface area contributed by atoms with Crippen LogP contribution in [-0.4, -0.2) is 12.6 Å². The van der Waals surface area contributed by atoms with Crippen molar-refractivity contribution in [2.75, 3.05) is 0 Å². The first kappa shape index (κ1) is 6.93. The number of hydrogen-bond acceptors (Lipinski definition) is 2. The zero-order valence-electron chi connectivity index (χ0n) is 5.49. The van der Waals surface area contributed by atoms with Gasteiger partial charge in [0.15, 0.2) is 0 Å². The predicted molar refractivity (Wildman–Crippen MR) is 37.5 cm³/mol. The van der Waals surface area contributed by atoms with Crippen molar-refractivity contribution < 1.29 is 9.59 Å². The number of rotatable bonds is 2. The zero-order valence-corrected chi connectivity index (χ0v) is 5.49. The average Bonchev–Trinajstić information content (AvgIpc) is 2.05. The van der Waals surface area contributed by atoms with Crippen molar-refractivity contribution in [3.8, 4) is 0 Å². The van der Waals surface area contributed by atoms with Gasteiger partial charge in [-0.1, -0.05) is 18.2 Å².